The zero-order valence-electron chi connectivity index (χ0n) is 14.9. The van der Waals surface area contributed by atoms with Gasteiger partial charge < -0.3 is 10.1 Å². The lowest BCUT2D eigenvalue weighted by atomic mass is 9.59. The molecule has 3 nitrogen and oxygen atoms in total. The summed E-state index contributed by atoms with van der Waals surface area (Å²) in [5.41, 5.74) is 0.225. The van der Waals surface area contributed by atoms with Crippen LogP contribution >= 0.6 is 0 Å². The summed E-state index contributed by atoms with van der Waals surface area (Å²) in [6.45, 7) is 6.50. The highest BCUT2D eigenvalue weighted by Crippen LogP contribution is 2.70. The van der Waals surface area contributed by atoms with Gasteiger partial charge in [0.25, 0.3) is 0 Å². The van der Waals surface area contributed by atoms with Crippen LogP contribution in [0.15, 0.2) is 18.2 Å². The number of rotatable bonds is 2. The monoisotopic (exact) mass is 349 g/mol. The molecule has 5 atom stereocenters. The Kier molecular flexibility index (Phi) is 3.73. The number of carbonyl (C=O) groups is 1. The second-order valence-electron chi connectivity index (χ2n) is 8.64. The quantitative estimate of drug-likeness (QED) is 0.877. The fourth-order valence-corrected chi connectivity index (χ4v) is 6.03. The molecule has 5 heteroatoms. The Morgan fingerprint density at radius 1 is 1.32 bits per heavy atom. The molecule has 3 fully saturated rings. The van der Waals surface area contributed by atoms with Gasteiger partial charge in [0, 0.05) is 25.1 Å². The van der Waals surface area contributed by atoms with Crippen LogP contribution in [0.3, 0.4) is 0 Å². The van der Waals surface area contributed by atoms with E-state index in [1.807, 2.05) is 0 Å². The molecule has 136 valence electrons. The molecule has 1 spiro atoms. The molecule has 1 N–H and O–H groups in total. The van der Waals surface area contributed by atoms with Crippen LogP contribution in [0.2, 0.25) is 0 Å². The second kappa shape index (κ2) is 5.50. The highest BCUT2D eigenvalue weighted by Gasteiger charge is 2.68. The molecule has 2 bridgehead atoms. The van der Waals surface area contributed by atoms with Crippen molar-refractivity contribution in [2.75, 3.05) is 6.61 Å². The Bertz CT molecular complexity index is 720. The van der Waals surface area contributed by atoms with E-state index in [2.05, 4.69) is 19.2 Å². The lowest BCUT2D eigenvalue weighted by Gasteiger charge is -2.53. The van der Waals surface area contributed by atoms with Crippen LogP contribution in [0.1, 0.15) is 51.7 Å². The standard InChI is InChI=1S/C20H25F2NO2/c1-11(24)23-18-19(2,3)12-8-15-17(25-7-6-20(15,18)10-12)14-9-13(21)4-5-16(14)22/h4-5,9,12,15,17-18H,6-8,10H2,1-3H3,(H,23,24)/t12-,15-,17-,18+,20?/m1/s1. The van der Waals surface area contributed by atoms with Gasteiger partial charge >= 0.3 is 0 Å². The normalized spacial score (nSPS) is 38.4. The predicted molar refractivity (Wildman–Crippen MR) is 89.7 cm³/mol. The summed E-state index contributed by atoms with van der Waals surface area (Å²) in [6.07, 6.45) is 2.37. The Labute approximate surface area is 147 Å². The van der Waals surface area contributed by atoms with Crippen molar-refractivity contribution in [2.45, 2.75) is 52.2 Å². The van der Waals surface area contributed by atoms with Crippen LogP contribution in [0.4, 0.5) is 8.78 Å². The minimum atomic E-state index is -0.443. The van der Waals surface area contributed by atoms with Gasteiger partial charge in [0.15, 0.2) is 0 Å². The number of ether oxygens (including phenoxy) is 1. The van der Waals surface area contributed by atoms with Gasteiger partial charge in [0.1, 0.15) is 11.6 Å². The van der Waals surface area contributed by atoms with E-state index in [1.165, 1.54) is 12.1 Å². The first-order chi connectivity index (χ1) is 11.8. The van der Waals surface area contributed by atoms with Gasteiger partial charge in [-0.1, -0.05) is 13.8 Å². The molecule has 1 unspecified atom stereocenters. The zero-order valence-corrected chi connectivity index (χ0v) is 14.9. The number of fused-ring (bicyclic) bond motifs is 1. The van der Waals surface area contributed by atoms with E-state index in [9.17, 15) is 13.6 Å². The maximum absolute atomic E-state index is 14.4. The Balaban J connectivity index is 1.75. The molecule has 1 amide bonds. The number of hydrogen-bond donors (Lipinski definition) is 1. The average molecular weight is 349 g/mol. The molecule has 1 heterocycles. The third-order valence-electron chi connectivity index (χ3n) is 7.12. The number of benzene rings is 1. The molecule has 1 aromatic rings. The topological polar surface area (TPSA) is 38.3 Å². The van der Waals surface area contributed by atoms with Crippen LogP contribution in [-0.4, -0.2) is 18.6 Å². The van der Waals surface area contributed by atoms with E-state index in [4.69, 9.17) is 4.74 Å². The zero-order chi connectivity index (χ0) is 18.0. The van der Waals surface area contributed by atoms with Crippen LogP contribution in [0.25, 0.3) is 0 Å². The van der Waals surface area contributed by atoms with E-state index in [0.29, 0.717) is 18.1 Å². The Morgan fingerprint density at radius 2 is 2.08 bits per heavy atom. The van der Waals surface area contributed by atoms with Crippen molar-refractivity contribution in [2.24, 2.45) is 22.7 Å². The first-order valence-electron chi connectivity index (χ1n) is 9.09. The first-order valence-corrected chi connectivity index (χ1v) is 9.09. The average Bonchev–Trinajstić information content (AvgIpc) is 3.02. The van der Waals surface area contributed by atoms with Gasteiger partial charge in [-0.15, -0.1) is 0 Å². The summed E-state index contributed by atoms with van der Waals surface area (Å²) < 4.78 is 34.1. The van der Waals surface area contributed by atoms with Gasteiger partial charge in [-0.2, -0.15) is 0 Å². The van der Waals surface area contributed by atoms with Crippen molar-refractivity contribution >= 4 is 5.91 Å². The Morgan fingerprint density at radius 3 is 2.80 bits per heavy atom. The highest BCUT2D eigenvalue weighted by atomic mass is 19.1. The van der Waals surface area contributed by atoms with Crippen LogP contribution in [0, 0.1) is 34.3 Å². The fourth-order valence-electron chi connectivity index (χ4n) is 6.03. The number of halogens is 2. The minimum Gasteiger partial charge on any atom is -0.373 e. The molecule has 2 aliphatic carbocycles. The summed E-state index contributed by atoms with van der Waals surface area (Å²) in [7, 11) is 0. The maximum atomic E-state index is 14.4. The lowest BCUT2D eigenvalue weighted by molar-refractivity contribution is -0.136. The molecule has 4 rings (SSSR count). The van der Waals surface area contributed by atoms with E-state index in [-0.39, 0.29) is 28.7 Å². The molecule has 0 aromatic heterocycles. The number of carbonyl (C=O) groups excluding carboxylic acids is 1. The minimum absolute atomic E-state index is 0.00451. The molecular formula is C20H25F2NO2. The Hall–Kier alpha value is -1.49. The third kappa shape index (κ3) is 2.35. The van der Waals surface area contributed by atoms with Gasteiger partial charge in [0.2, 0.25) is 5.91 Å². The number of nitrogens with one attached hydrogen (secondary N) is 1. The molecule has 1 aromatic carbocycles. The lowest BCUT2D eigenvalue weighted by Crippen LogP contribution is -2.58. The van der Waals surface area contributed by atoms with Crippen molar-refractivity contribution < 1.29 is 18.3 Å². The van der Waals surface area contributed by atoms with Crippen LogP contribution in [0.5, 0.6) is 0 Å². The maximum Gasteiger partial charge on any atom is 0.217 e. The van der Waals surface area contributed by atoms with Crippen LogP contribution < -0.4 is 5.32 Å². The molecule has 3 aliphatic rings. The second-order valence-corrected chi connectivity index (χ2v) is 8.64. The van der Waals surface area contributed by atoms with Crippen molar-refractivity contribution in [1.82, 2.24) is 5.32 Å². The highest BCUT2D eigenvalue weighted by molar-refractivity contribution is 5.73. The van der Waals surface area contributed by atoms with Crippen molar-refractivity contribution in [3.05, 3.63) is 35.4 Å². The summed E-state index contributed by atoms with van der Waals surface area (Å²) >= 11 is 0. The van der Waals surface area contributed by atoms with E-state index >= 15 is 0 Å². The third-order valence-corrected chi connectivity index (χ3v) is 7.12. The molecule has 0 radical (unpaired) electrons. The van der Waals surface area contributed by atoms with Crippen molar-refractivity contribution in [3.8, 4) is 0 Å². The predicted octanol–water partition coefficient (Wildman–Crippen LogP) is 3.98. The number of amides is 1. The van der Waals surface area contributed by atoms with Crippen molar-refractivity contribution in [1.29, 1.82) is 0 Å². The molecule has 25 heavy (non-hydrogen) atoms. The fraction of sp³-hybridized carbons (Fsp3) is 0.650. The number of hydrogen-bond acceptors (Lipinski definition) is 2. The largest absolute Gasteiger partial charge is 0.373 e. The van der Waals surface area contributed by atoms with Crippen LogP contribution in [-0.2, 0) is 9.53 Å². The summed E-state index contributed by atoms with van der Waals surface area (Å²) in [6, 6.07) is 3.63. The van der Waals surface area contributed by atoms with Crippen molar-refractivity contribution in [3.63, 3.8) is 0 Å². The summed E-state index contributed by atoms with van der Waals surface area (Å²) in [4.78, 5) is 11.8. The molecule has 1 saturated heterocycles. The summed E-state index contributed by atoms with van der Waals surface area (Å²) in [5, 5.41) is 3.19. The van der Waals surface area contributed by atoms with Gasteiger partial charge in [-0.25, -0.2) is 8.78 Å². The SMILES string of the molecule is CC(=O)N[C@H]1C(C)(C)[C@@H]2C[C@@H]3[C@@H](c4cc(F)ccc4F)OCCC31C2. The molecule has 1 aliphatic heterocycles. The smallest absolute Gasteiger partial charge is 0.217 e. The van der Waals surface area contributed by atoms with E-state index < -0.39 is 17.7 Å². The van der Waals surface area contributed by atoms with E-state index in [1.54, 1.807) is 6.92 Å². The van der Waals surface area contributed by atoms with Gasteiger partial charge in [-0.3, -0.25) is 4.79 Å². The first kappa shape index (κ1) is 17.0. The van der Waals surface area contributed by atoms with Gasteiger partial charge in [-0.05, 0) is 60.1 Å². The van der Waals surface area contributed by atoms with Gasteiger partial charge in [0.05, 0.1) is 6.10 Å². The molecular weight excluding hydrogens is 324 g/mol. The van der Waals surface area contributed by atoms with E-state index in [0.717, 1.165) is 25.3 Å². The molecule has 2 saturated carbocycles. The summed E-state index contributed by atoms with van der Waals surface area (Å²) in [5.74, 6) is -0.329.